The van der Waals surface area contributed by atoms with Crippen molar-refractivity contribution in [2.75, 3.05) is 11.9 Å². The van der Waals surface area contributed by atoms with Gasteiger partial charge in [0.2, 0.25) is 0 Å². The second kappa shape index (κ2) is 7.96. The first-order chi connectivity index (χ1) is 10.6. The number of nitrogens with zero attached hydrogens (tertiary/aromatic N) is 1. The monoisotopic (exact) mass is 379 g/mol. The number of carbonyl (C=O) groups is 1. The molecule has 0 aliphatic rings. The van der Waals surface area contributed by atoms with E-state index in [4.69, 9.17) is 11.6 Å². The topological polar surface area (TPSA) is 53.5 Å². The van der Waals surface area contributed by atoms with Crippen molar-refractivity contribution >= 4 is 44.8 Å². The summed E-state index contributed by atoms with van der Waals surface area (Å²) in [4.78, 5) is 11.8. The molecule has 0 unspecified atom stereocenters. The van der Waals surface area contributed by atoms with Crippen LogP contribution < -0.4 is 10.7 Å². The Hall–Kier alpha value is -1.85. The number of rotatable bonds is 5. The SMILES string of the molecule is C/C(=N/NC(=O)CNc1ccccc1Cl)c1ccc(Br)cc1. The minimum absolute atomic E-state index is 0.0981. The Morgan fingerprint density at radius 3 is 2.55 bits per heavy atom. The molecule has 2 rings (SSSR count). The number of hydrogen-bond acceptors (Lipinski definition) is 3. The van der Waals surface area contributed by atoms with E-state index in [0.717, 1.165) is 15.7 Å². The van der Waals surface area contributed by atoms with Crippen molar-refractivity contribution < 1.29 is 4.79 Å². The molecular weight excluding hydrogens is 366 g/mol. The first-order valence-electron chi connectivity index (χ1n) is 6.64. The van der Waals surface area contributed by atoms with Gasteiger partial charge in [0, 0.05) is 4.47 Å². The summed E-state index contributed by atoms with van der Waals surface area (Å²) in [7, 11) is 0. The van der Waals surface area contributed by atoms with Crippen LogP contribution in [0.2, 0.25) is 5.02 Å². The van der Waals surface area contributed by atoms with Crippen LogP contribution in [0.5, 0.6) is 0 Å². The van der Waals surface area contributed by atoms with Crippen molar-refractivity contribution in [2.24, 2.45) is 5.10 Å². The summed E-state index contributed by atoms with van der Waals surface area (Å²) in [6.45, 7) is 1.94. The van der Waals surface area contributed by atoms with Crippen LogP contribution in [0.4, 0.5) is 5.69 Å². The maximum atomic E-state index is 11.8. The number of carbonyl (C=O) groups excluding carboxylic acids is 1. The minimum Gasteiger partial charge on any atom is -0.375 e. The Kier molecular flexibility index (Phi) is 5.98. The van der Waals surface area contributed by atoms with E-state index in [1.54, 1.807) is 6.07 Å². The zero-order valence-corrected chi connectivity index (χ0v) is 14.3. The fourth-order valence-electron chi connectivity index (χ4n) is 1.72. The largest absolute Gasteiger partial charge is 0.375 e. The predicted molar refractivity (Wildman–Crippen MR) is 94.4 cm³/mol. The summed E-state index contributed by atoms with van der Waals surface area (Å²) in [6.07, 6.45) is 0. The van der Waals surface area contributed by atoms with Crippen LogP contribution in [0, 0.1) is 0 Å². The lowest BCUT2D eigenvalue weighted by Gasteiger charge is -2.07. The molecule has 2 aromatic carbocycles. The Balaban J connectivity index is 1.88. The van der Waals surface area contributed by atoms with Gasteiger partial charge in [-0.15, -0.1) is 0 Å². The molecule has 0 saturated heterocycles. The molecule has 2 aromatic rings. The fraction of sp³-hybridized carbons (Fsp3) is 0.125. The van der Waals surface area contributed by atoms with Crippen LogP contribution >= 0.6 is 27.5 Å². The molecule has 2 N–H and O–H groups in total. The van der Waals surface area contributed by atoms with Crippen LogP contribution in [-0.4, -0.2) is 18.2 Å². The molecular formula is C16H15BrClN3O. The van der Waals surface area contributed by atoms with E-state index >= 15 is 0 Å². The Morgan fingerprint density at radius 2 is 1.86 bits per heavy atom. The lowest BCUT2D eigenvalue weighted by molar-refractivity contribution is -0.119. The maximum Gasteiger partial charge on any atom is 0.259 e. The van der Waals surface area contributed by atoms with Gasteiger partial charge in [0.25, 0.3) is 5.91 Å². The molecule has 0 fully saturated rings. The van der Waals surface area contributed by atoms with E-state index < -0.39 is 0 Å². The number of anilines is 1. The molecule has 4 nitrogen and oxygen atoms in total. The Labute approximate surface area is 142 Å². The van der Waals surface area contributed by atoms with Gasteiger partial charge in [0.05, 0.1) is 23.0 Å². The van der Waals surface area contributed by atoms with Gasteiger partial charge in [-0.05, 0) is 36.8 Å². The second-order valence-corrected chi connectivity index (χ2v) is 5.90. The normalized spacial score (nSPS) is 11.1. The number of para-hydroxylation sites is 1. The number of hydrazone groups is 1. The summed E-state index contributed by atoms with van der Waals surface area (Å²) in [6, 6.07) is 15.0. The molecule has 0 aliphatic carbocycles. The molecule has 114 valence electrons. The molecule has 22 heavy (non-hydrogen) atoms. The molecule has 0 aliphatic heterocycles. The minimum atomic E-state index is -0.239. The summed E-state index contributed by atoms with van der Waals surface area (Å²) >= 11 is 9.38. The van der Waals surface area contributed by atoms with Crippen molar-refractivity contribution in [1.82, 2.24) is 5.43 Å². The van der Waals surface area contributed by atoms with E-state index in [9.17, 15) is 4.79 Å². The van der Waals surface area contributed by atoms with E-state index in [1.807, 2.05) is 49.4 Å². The average Bonchev–Trinajstić information content (AvgIpc) is 2.52. The van der Waals surface area contributed by atoms with Gasteiger partial charge in [-0.25, -0.2) is 5.43 Å². The van der Waals surface area contributed by atoms with E-state index in [2.05, 4.69) is 31.8 Å². The van der Waals surface area contributed by atoms with Crippen LogP contribution in [0.25, 0.3) is 0 Å². The first-order valence-corrected chi connectivity index (χ1v) is 7.81. The smallest absolute Gasteiger partial charge is 0.259 e. The lowest BCUT2D eigenvalue weighted by Crippen LogP contribution is -2.26. The molecule has 0 atom stereocenters. The highest BCUT2D eigenvalue weighted by atomic mass is 79.9. The Bertz CT molecular complexity index is 686. The van der Waals surface area contributed by atoms with Crippen molar-refractivity contribution in [3.63, 3.8) is 0 Å². The summed E-state index contributed by atoms with van der Waals surface area (Å²) in [5.41, 5.74) is 4.91. The van der Waals surface area contributed by atoms with Gasteiger partial charge in [0.1, 0.15) is 0 Å². The summed E-state index contributed by atoms with van der Waals surface area (Å²) in [5, 5.41) is 7.63. The number of nitrogens with one attached hydrogen (secondary N) is 2. The second-order valence-electron chi connectivity index (χ2n) is 4.57. The van der Waals surface area contributed by atoms with Crippen LogP contribution in [0.3, 0.4) is 0 Å². The Morgan fingerprint density at radius 1 is 1.18 bits per heavy atom. The standard InChI is InChI=1S/C16H15BrClN3O/c1-11(12-6-8-13(17)9-7-12)20-21-16(22)10-19-15-5-3-2-4-14(15)18/h2-9,19H,10H2,1H3,(H,21,22)/b20-11-. The van der Waals surface area contributed by atoms with Crippen molar-refractivity contribution in [3.05, 3.63) is 63.6 Å². The highest BCUT2D eigenvalue weighted by Gasteiger charge is 2.03. The number of halogens is 2. The molecule has 0 radical (unpaired) electrons. The zero-order valence-electron chi connectivity index (χ0n) is 11.9. The third-order valence-electron chi connectivity index (χ3n) is 2.92. The molecule has 0 spiro atoms. The molecule has 0 bridgehead atoms. The highest BCUT2D eigenvalue weighted by Crippen LogP contribution is 2.19. The highest BCUT2D eigenvalue weighted by molar-refractivity contribution is 9.10. The van der Waals surface area contributed by atoms with Gasteiger partial charge in [-0.3, -0.25) is 4.79 Å². The van der Waals surface area contributed by atoms with Gasteiger partial charge >= 0.3 is 0 Å². The van der Waals surface area contributed by atoms with Gasteiger partial charge in [-0.1, -0.05) is 51.8 Å². The van der Waals surface area contributed by atoms with Gasteiger partial charge in [-0.2, -0.15) is 5.10 Å². The molecule has 6 heteroatoms. The van der Waals surface area contributed by atoms with Gasteiger partial charge in [0.15, 0.2) is 0 Å². The molecule has 0 aromatic heterocycles. The molecule has 1 amide bonds. The van der Waals surface area contributed by atoms with Crippen LogP contribution in [0.15, 0.2) is 58.1 Å². The third-order valence-corrected chi connectivity index (χ3v) is 3.78. The van der Waals surface area contributed by atoms with E-state index in [1.165, 1.54) is 0 Å². The number of amides is 1. The van der Waals surface area contributed by atoms with E-state index in [-0.39, 0.29) is 12.5 Å². The van der Waals surface area contributed by atoms with E-state index in [0.29, 0.717) is 10.7 Å². The fourth-order valence-corrected chi connectivity index (χ4v) is 2.19. The zero-order chi connectivity index (χ0) is 15.9. The van der Waals surface area contributed by atoms with Crippen LogP contribution in [0.1, 0.15) is 12.5 Å². The van der Waals surface area contributed by atoms with Crippen molar-refractivity contribution in [3.8, 4) is 0 Å². The number of benzene rings is 2. The number of hydrogen-bond donors (Lipinski definition) is 2. The quantitative estimate of drug-likeness (QED) is 0.607. The summed E-state index contributed by atoms with van der Waals surface area (Å²) in [5.74, 6) is -0.239. The van der Waals surface area contributed by atoms with Crippen LogP contribution in [-0.2, 0) is 4.79 Å². The van der Waals surface area contributed by atoms with Gasteiger partial charge < -0.3 is 5.32 Å². The van der Waals surface area contributed by atoms with Crippen molar-refractivity contribution in [1.29, 1.82) is 0 Å². The maximum absolute atomic E-state index is 11.8. The third kappa shape index (κ3) is 4.86. The molecule has 0 saturated carbocycles. The lowest BCUT2D eigenvalue weighted by atomic mass is 10.1. The molecule has 0 heterocycles. The van der Waals surface area contributed by atoms with Crippen molar-refractivity contribution in [2.45, 2.75) is 6.92 Å². The first kappa shape index (κ1) is 16.5. The summed E-state index contributed by atoms with van der Waals surface area (Å²) < 4.78 is 0.997. The average molecular weight is 381 g/mol. The predicted octanol–water partition coefficient (Wildman–Crippen LogP) is 4.05.